The minimum atomic E-state index is -0.743. The topological polar surface area (TPSA) is 57.6 Å². The monoisotopic (exact) mass is 239 g/mol. The second-order valence-electron chi connectivity index (χ2n) is 5.76. The zero-order chi connectivity index (χ0) is 12.7. The Labute approximate surface area is 102 Å². The molecule has 0 aromatic rings. The minimum Gasteiger partial charge on any atom is -0.481 e. The van der Waals surface area contributed by atoms with Crippen LogP contribution in [0, 0.1) is 17.8 Å². The number of carboxylic acids is 1. The number of rotatable bonds is 3. The van der Waals surface area contributed by atoms with E-state index in [-0.39, 0.29) is 29.8 Å². The molecule has 2 bridgehead atoms. The standard InChI is InChI=1S/C13H21NO3/c1-7(2)8(3)12(15)14-9-4-5-11(14)10(6-9)13(16)17/h7-11H,4-6H2,1-3H3,(H,16,17). The minimum absolute atomic E-state index is 0.00866. The van der Waals surface area contributed by atoms with Gasteiger partial charge in [0.15, 0.2) is 0 Å². The smallest absolute Gasteiger partial charge is 0.308 e. The molecule has 17 heavy (non-hydrogen) atoms. The lowest BCUT2D eigenvalue weighted by Gasteiger charge is -2.28. The predicted octanol–water partition coefficient (Wildman–Crippen LogP) is 1.74. The number of aliphatic carboxylic acids is 1. The molecule has 0 aromatic heterocycles. The highest BCUT2D eigenvalue weighted by Crippen LogP contribution is 2.42. The molecular weight excluding hydrogens is 218 g/mol. The molecule has 4 unspecified atom stereocenters. The number of nitrogens with zero attached hydrogens (tertiary/aromatic N) is 1. The highest BCUT2D eigenvalue weighted by atomic mass is 16.4. The van der Waals surface area contributed by atoms with Crippen molar-refractivity contribution in [2.45, 2.75) is 52.1 Å². The summed E-state index contributed by atoms with van der Waals surface area (Å²) in [6, 6.07) is 0.126. The van der Waals surface area contributed by atoms with Crippen LogP contribution >= 0.6 is 0 Å². The fraction of sp³-hybridized carbons (Fsp3) is 0.846. The maximum atomic E-state index is 12.3. The van der Waals surface area contributed by atoms with Crippen LogP contribution in [0.1, 0.15) is 40.0 Å². The Bertz CT molecular complexity index is 340. The van der Waals surface area contributed by atoms with Gasteiger partial charge >= 0.3 is 5.97 Å². The first kappa shape index (κ1) is 12.4. The van der Waals surface area contributed by atoms with E-state index in [0.717, 1.165) is 12.8 Å². The van der Waals surface area contributed by atoms with Crippen molar-refractivity contribution in [3.8, 4) is 0 Å². The molecule has 0 radical (unpaired) electrons. The van der Waals surface area contributed by atoms with Gasteiger partial charge in [-0.1, -0.05) is 20.8 Å². The average Bonchev–Trinajstić information content (AvgIpc) is 2.83. The second kappa shape index (κ2) is 4.31. The fourth-order valence-electron chi connectivity index (χ4n) is 3.12. The van der Waals surface area contributed by atoms with Crippen molar-refractivity contribution in [3.63, 3.8) is 0 Å². The van der Waals surface area contributed by atoms with Gasteiger partial charge in [-0.05, 0) is 25.2 Å². The molecule has 2 heterocycles. The Hall–Kier alpha value is -1.06. The van der Waals surface area contributed by atoms with E-state index >= 15 is 0 Å². The molecule has 2 saturated heterocycles. The number of carbonyl (C=O) groups excluding carboxylic acids is 1. The van der Waals surface area contributed by atoms with Gasteiger partial charge in [-0.2, -0.15) is 0 Å². The largest absolute Gasteiger partial charge is 0.481 e. The number of hydrogen-bond donors (Lipinski definition) is 1. The highest BCUT2D eigenvalue weighted by Gasteiger charge is 2.51. The Morgan fingerprint density at radius 2 is 1.88 bits per heavy atom. The molecule has 0 spiro atoms. The number of carbonyl (C=O) groups is 2. The van der Waals surface area contributed by atoms with E-state index in [1.165, 1.54) is 0 Å². The molecule has 4 atom stereocenters. The van der Waals surface area contributed by atoms with Crippen LogP contribution in [0.2, 0.25) is 0 Å². The molecule has 2 rings (SSSR count). The molecule has 0 aliphatic carbocycles. The maximum Gasteiger partial charge on any atom is 0.308 e. The van der Waals surface area contributed by atoms with Gasteiger partial charge in [0.25, 0.3) is 0 Å². The van der Waals surface area contributed by atoms with Crippen LogP contribution in [-0.2, 0) is 9.59 Å². The summed E-state index contributed by atoms with van der Waals surface area (Å²) in [7, 11) is 0. The predicted molar refractivity (Wildman–Crippen MR) is 63.4 cm³/mol. The summed E-state index contributed by atoms with van der Waals surface area (Å²) in [5.41, 5.74) is 0. The summed E-state index contributed by atoms with van der Waals surface area (Å²) in [6.45, 7) is 6.02. The lowest BCUT2D eigenvalue weighted by molar-refractivity contribution is -0.143. The van der Waals surface area contributed by atoms with Gasteiger partial charge < -0.3 is 10.0 Å². The lowest BCUT2D eigenvalue weighted by Crippen LogP contribution is -2.42. The summed E-state index contributed by atoms with van der Waals surface area (Å²) < 4.78 is 0. The molecule has 2 aliphatic heterocycles. The molecule has 0 aromatic carbocycles. The van der Waals surface area contributed by atoms with Crippen LogP contribution in [0.5, 0.6) is 0 Å². The number of carboxylic acid groups (broad SMARTS) is 1. The molecule has 1 N–H and O–H groups in total. The Balaban J connectivity index is 2.13. The first-order chi connectivity index (χ1) is 7.93. The zero-order valence-electron chi connectivity index (χ0n) is 10.7. The molecule has 4 nitrogen and oxygen atoms in total. The Morgan fingerprint density at radius 3 is 2.35 bits per heavy atom. The molecule has 2 fully saturated rings. The molecule has 96 valence electrons. The quantitative estimate of drug-likeness (QED) is 0.816. The highest BCUT2D eigenvalue weighted by molar-refractivity contribution is 5.82. The normalized spacial score (nSPS) is 33.2. The summed E-state index contributed by atoms with van der Waals surface area (Å²) in [6.07, 6.45) is 2.49. The summed E-state index contributed by atoms with van der Waals surface area (Å²) in [5, 5.41) is 9.14. The summed E-state index contributed by atoms with van der Waals surface area (Å²) >= 11 is 0. The van der Waals surface area contributed by atoms with E-state index in [1.807, 2.05) is 25.7 Å². The van der Waals surface area contributed by atoms with Crippen molar-refractivity contribution < 1.29 is 14.7 Å². The van der Waals surface area contributed by atoms with E-state index in [0.29, 0.717) is 12.3 Å². The molecule has 4 heteroatoms. The average molecular weight is 239 g/mol. The van der Waals surface area contributed by atoms with E-state index in [9.17, 15) is 9.59 Å². The van der Waals surface area contributed by atoms with Crippen LogP contribution < -0.4 is 0 Å². The van der Waals surface area contributed by atoms with Crippen molar-refractivity contribution >= 4 is 11.9 Å². The molecule has 2 aliphatic rings. The van der Waals surface area contributed by atoms with E-state index < -0.39 is 5.97 Å². The SMILES string of the molecule is CC(C)C(C)C(=O)N1C2CCC1C(C(=O)O)C2. The van der Waals surface area contributed by atoms with Crippen molar-refractivity contribution in [2.24, 2.45) is 17.8 Å². The Kier molecular flexibility index (Phi) is 3.15. The lowest BCUT2D eigenvalue weighted by atomic mass is 9.89. The molecule has 0 saturated carbocycles. The van der Waals surface area contributed by atoms with Crippen molar-refractivity contribution in [1.29, 1.82) is 0 Å². The maximum absolute atomic E-state index is 12.3. The molecular formula is C13H21NO3. The first-order valence-corrected chi connectivity index (χ1v) is 6.48. The van der Waals surface area contributed by atoms with Gasteiger partial charge in [0.2, 0.25) is 5.91 Å². The van der Waals surface area contributed by atoms with Gasteiger partial charge in [-0.3, -0.25) is 9.59 Å². The van der Waals surface area contributed by atoms with Gasteiger partial charge in [-0.25, -0.2) is 0 Å². The summed E-state index contributed by atoms with van der Waals surface area (Å²) in [4.78, 5) is 25.4. The first-order valence-electron chi connectivity index (χ1n) is 6.48. The number of fused-ring (bicyclic) bond motifs is 2. The van der Waals surface area contributed by atoms with Gasteiger partial charge in [-0.15, -0.1) is 0 Å². The zero-order valence-corrected chi connectivity index (χ0v) is 10.7. The summed E-state index contributed by atoms with van der Waals surface area (Å²) in [5.74, 6) is -0.628. The van der Waals surface area contributed by atoms with Crippen LogP contribution in [0.15, 0.2) is 0 Å². The van der Waals surface area contributed by atoms with Gasteiger partial charge in [0.05, 0.1) is 5.92 Å². The van der Waals surface area contributed by atoms with E-state index in [4.69, 9.17) is 5.11 Å². The number of amides is 1. The number of hydrogen-bond acceptors (Lipinski definition) is 2. The van der Waals surface area contributed by atoms with Gasteiger partial charge in [0.1, 0.15) is 0 Å². The van der Waals surface area contributed by atoms with Crippen LogP contribution in [0.4, 0.5) is 0 Å². The van der Waals surface area contributed by atoms with Crippen LogP contribution in [-0.4, -0.2) is 34.0 Å². The van der Waals surface area contributed by atoms with Crippen molar-refractivity contribution in [2.75, 3.05) is 0 Å². The van der Waals surface area contributed by atoms with Crippen LogP contribution in [0.25, 0.3) is 0 Å². The fourth-order valence-corrected chi connectivity index (χ4v) is 3.12. The second-order valence-corrected chi connectivity index (χ2v) is 5.76. The third-order valence-electron chi connectivity index (χ3n) is 4.50. The van der Waals surface area contributed by atoms with Gasteiger partial charge in [0, 0.05) is 18.0 Å². The Morgan fingerprint density at radius 1 is 1.24 bits per heavy atom. The van der Waals surface area contributed by atoms with E-state index in [1.54, 1.807) is 0 Å². The molecule has 1 amide bonds. The van der Waals surface area contributed by atoms with Crippen LogP contribution in [0.3, 0.4) is 0 Å². The van der Waals surface area contributed by atoms with E-state index in [2.05, 4.69) is 0 Å². The van der Waals surface area contributed by atoms with Crippen molar-refractivity contribution in [3.05, 3.63) is 0 Å². The third kappa shape index (κ3) is 1.94. The van der Waals surface area contributed by atoms with Crippen molar-refractivity contribution in [1.82, 2.24) is 4.90 Å². The third-order valence-corrected chi connectivity index (χ3v) is 4.50.